The maximum absolute atomic E-state index is 5.40. The molecule has 1 aliphatic rings. The summed E-state index contributed by atoms with van der Waals surface area (Å²) in [5, 5.41) is 3.31. The van der Waals surface area contributed by atoms with Crippen molar-refractivity contribution in [1.29, 1.82) is 0 Å². The second-order valence-corrected chi connectivity index (χ2v) is 6.95. The molecule has 1 aromatic carbocycles. The molecule has 124 valence electrons. The van der Waals surface area contributed by atoms with Gasteiger partial charge < -0.3 is 5.73 Å². The topological polar surface area (TPSA) is 59.6 Å². The maximum atomic E-state index is 5.40. The number of benzene rings is 1. The Kier molecular flexibility index (Phi) is 6.78. The molecule has 4 nitrogen and oxygen atoms in total. The second-order valence-electron chi connectivity index (χ2n) is 5.93. The van der Waals surface area contributed by atoms with Crippen LogP contribution in [0.2, 0.25) is 0 Å². The van der Waals surface area contributed by atoms with E-state index >= 15 is 0 Å². The molecule has 2 aromatic rings. The SMILES string of the molecule is Cc1ccc(CN)cc1.Cn1[nH]c(C2CCCCC2)n[c]1=[Pt]. The summed E-state index contributed by atoms with van der Waals surface area (Å²) in [5.41, 5.74) is 7.88. The molecule has 1 aliphatic carbocycles. The predicted molar refractivity (Wildman–Crippen MR) is 85.7 cm³/mol. The Labute approximate surface area is 143 Å². The molecule has 5 heteroatoms. The summed E-state index contributed by atoms with van der Waals surface area (Å²) < 4.78 is 3.05. The molecular weight excluding hydrogens is 455 g/mol. The van der Waals surface area contributed by atoms with E-state index in [-0.39, 0.29) is 0 Å². The standard InChI is InChI=1S/C9H15N3.C8H11N.Pt/c1-12-7-10-9(11-12)8-5-3-2-4-6-8;1-7-2-4-8(6-9)5-3-7;/h8H,2-6H2,1H3,(H,10,11);2-5H,6,9H2,1H3;. The fourth-order valence-corrected chi connectivity index (χ4v) is 3.09. The number of aryl methyl sites for hydroxylation is 2. The van der Waals surface area contributed by atoms with E-state index in [0.29, 0.717) is 12.5 Å². The van der Waals surface area contributed by atoms with E-state index in [9.17, 15) is 0 Å². The van der Waals surface area contributed by atoms with Gasteiger partial charge in [0.1, 0.15) is 0 Å². The molecule has 0 radical (unpaired) electrons. The van der Waals surface area contributed by atoms with Crippen LogP contribution in [0.1, 0.15) is 55.0 Å². The van der Waals surface area contributed by atoms with Crippen molar-refractivity contribution in [2.24, 2.45) is 12.8 Å². The molecule has 22 heavy (non-hydrogen) atoms. The molecular formula is C17H26N4Pt. The number of rotatable bonds is 2. The van der Waals surface area contributed by atoms with Crippen LogP contribution in [0.4, 0.5) is 0 Å². The molecule has 0 atom stereocenters. The van der Waals surface area contributed by atoms with Crippen LogP contribution in [-0.4, -0.2) is 14.8 Å². The van der Waals surface area contributed by atoms with Gasteiger partial charge in [0.15, 0.2) is 0 Å². The molecule has 0 bridgehead atoms. The molecule has 3 rings (SSSR count). The first-order valence-electron chi connectivity index (χ1n) is 7.94. The number of aromatic amines is 1. The third-order valence-electron chi connectivity index (χ3n) is 4.09. The molecule has 0 aliphatic heterocycles. The zero-order valence-corrected chi connectivity index (χ0v) is 15.7. The van der Waals surface area contributed by atoms with Crippen molar-refractivity contribution in [3.8, 4) is 0 Å². The summed E-state index contributed by atoms with van der Waals surface area (Å²) in [6.07, 6.45) is 6.76. The van der Waals surface area contributed by atoms with Crippen LogP contribution >= 0.6 is 0 Å². The van der Waals surface area contributed by atoms with E-state index in [1.807, 2.05) is 11.7 Å². The Balaban J connectivity index is 0.000000172. The van der Waals surface area contributed by atoms with Gasteiger partial charge in [-0.3, -0.25) is 0 Å². The summed E-state index contributed by atoms with van der Waals surface area (Å²) in [7, 11) is 2.02. The number of H-pyrrole nitrogens is 1. The van der Waals surface area contributed by atoms with Crippen molar-refractivity contribution >= 4 is 0 Å². The van der Waals surface area contributed by atoms with Gasteiger partial charge in [-0.25, -0.2) is 0 Å². The summed E-state index contributed by atoms with van der Waals surface area (Å²) in [5.74, 6) is 1.87. The van der Waals surface area contributed by atoms with Crippen molar-refractivity contribution in [3.05, 3.63) is 45.0 Å². The minimum absolute atomic E-state index is 0.639. The second kappa shape index (κ2) is 8.59. The Bertz CT molecular complexity index is 621. The average molecular weight is 482 g/mol. The average Bonchev–Trinajstić information content (AvgIpc) is 2.89. The van der Waals surface area contributed by atoms with Gasteiger partial charge in [0.25, 0.3) is 0 Å². The van der Waals surface area contributed by atoms with Crippen LogP contribution in [-0.2, 0) is 32.9 Å². The van der Waals surface area contributed by atoms with Gasteiger partial charge in [-0.1, -0.05) is 29.8 Å². The monoisotopic (exact) mass is 481 g/mol. The van der Waals surface area contributed by atoms with Crippen molar-refractivity contribution in [2.75, 3.05) is 0 Å². The number of aromatic nitrogens is 3. The zero-order valence-electron chi connectivity index (χ0n) is 13.4. The zero-order chi connectivity index (χ0) is 15.9. The van der Waals surface area contributed by atoms with Gasteiger partial charge in [0, 0.05) is 6.54 Å². The molecule has 1 aromatic heterocycles. The molecule has 1 saturated carbocycles. The van der Waals surface area contributed by atoms with Gasteiger partial charge in [-0.15, -0.1) is 0 Å². The van der Waals surface area contributed by atoms with E-state index in [4.69, 9.17) is 5.73 Å². The third kappa shape index (κ3) is 5.03. The van der Waals surface area contributed by atoms with Crippen LogP contribution in [0, 0.1) is 10.7 Å². The first-order chi connectivity index (χ1) is 10.6. The van der Waals surface area contributed by atoms with Gasteiger partial charge in [0.2, 0.25) is 0 Å². The first-order valence-corrected chi connectivity index (χ1v) is 9.07. The van der Waals surface area contributed by atoms with E-state index in [2.05, 4.69) is 60.6 Å². The van der Waals surface area contributed by atoms with Crippen molar-refractivity contribution in [2.45, 2.75) is 51.5 Å². The van der Waals surface area contributed by atoms with Gasteiger partial charge in [0.05, 0.1) is 0 Å². The quantitative estimate of drug-likeness (QED) is 0.692. The van der Waals surface area contributed by atoms with Crippen LogP contribution in [0.25, 0.3) is 0 Å². The van der Waals surface area contributed by atoms with Crippen LogP contribution in [0.5, 0.6) is 0 Å². The van der Waals surface area contributed by atoms with E-state index < -0.39 is 0 Å². The van der Waals surface area contributed by atoms with Crippen LogP contribution in [0.3, 0.4) is 0 Å². The Morgan fingerprint density at radius 1 is 1.23 bits per heavy atom. The molecule has 0 unspecified atom stereocenters. The fourth-order valence-electron chi connectivity index (χ4n) is 2.69. The van der Waals surface area contributed by atoms with Crippen molar-refractivity contribution in [1.82, 2.24) is 14.8 Å². The molecule has 1 fully saturated rings. The molecule has 1 heterocycles. The molecule has 0 amide bonds. The number of hydrogen-bond acceptors (Lipinski definition) is 2. The normalized spacial score (nSPS) is 15.3. The van der Waals surface area contributed by atoms with Crippen LogP contribution in [0.15, 0.2) is 24.3 Å². The van der Waals surface area contributed by atoms with E-state index in [0.717, 1.165) is 3.80 Å². The van der Waals surface area contributed by atoms with Crippen molar-refractivity contribution < 1.29 is 19.4 Å². The minimum atomic E-state index is 0.639. The van der Waals surface area contributed by atoms with Gasteiger partial charge in [-0.05, 0) is 12.5 Å². The summed E-state index contributed by atoms with van der Waals surface area (Å²) in [6.45, 7) is 2.71. The number of nitrogens with one attached hydrogen (secondary N) is 1. The van der Waals surface area contributed by atoms with E-state index in [1.165, 1.54) is 49.1 Å². The van der Waals surface area contributed by atoms with Crippen LogP contribution < -0.4 is 5.73 Å². The fraction of sp³-hybridized carbons (Fsp3) is 0.529. The van der Waals surface area contributed by atoms with Gasteiger partial charge in [-0.2, -0.15) is 0 Å². The summed E-state index contributed by atoms with van der Waals surface area (Å²) in [6, 6.07) is 8.25. The number of nitrogens with zero attached hydrogens (tertiary/aromatic N) is 2. The Morgan fingerprint density at radius 3 is 2.36 bits per heavy atom. The van der Waals surface area contributed by atoms with Crippen molar-refractivity contribution in [3.63, 3.8) is 0 Å². The first kappa shape index (κ1) is 17.4. The molecule has 0 saturated heterocycles. The Morgan fingerprint density at radius 2 is 1.86 bits per heavy atom. The summed E-state index contributed by atoms with van der Waals surface area (Å²) >= 11 is 2.25. The predicted octanol–water partition coefficient (Wildman–Crippen LogP) is 3.33. The third-order valence-corrected chi connectivity index (χ3v) is 5.11. The summed E-state index contributed by atoms with van der Waals surface area (Å²) in [4.78, 5) is 4.53. The molecule has 0 spiro atoms. The Hall–Kier alpha value is -0.992. The van der Waals surface area contributed by atoms with E-state index in [1.54, 1.807) is 0 Å². The van der Waals surface area contributed by atoms with Gasteiger partial charge >= 0.3 is 88.8 Å². The molecule has 3 N–H and O–H groups in total. The number of hydrogen-bond donors (Lipinski definition) is 2. The number of nitrogens with two attached hydrogens (primary N) is 1.